The average Bonchev–Trinajstić information content (AvgIpc) is 3.20. The molecule has 29 heavy (non-hydrogen) atoms. The minimum atomic E-state index is -0.579. The Labute approximate surface area is 177 Å². The molecule has 1 aliphatic rings. The second-order valence-electron chi connectivity index (χ2n) is 7.88. The van der Waals surface area contributed by atoms with Crippen LogP contribution in [-0.2, 0) is 4.79 Å². The summed E-state index contributed by atoms with van der Waals surface area (Å²) in [6.45, 7) is 6.39. The maximum atomic E-state index is 12.8. The van der Waals surface area contributed by atoms with E-state index in [0.717, 1.165) is 19.5 Å². The van der Waals surface area contributed by atoms with Gasteiger partial charge in [0.15, 0.2) is 0 Å². The molecule has 0 bridgehead atoms. The number of rotatable bonds is 7. The van der Waals surface area contributed by atoms with Crippen LogP contribution in [0.3, 0.4) is 0 Å². The molecule has 0 spiro atoms. The molecule has 2 atom stereocenters. The fourth-order valence-electron chi connectivity index (χ4n) is 3.59. The van der Waals surface area contributed by atoms with Gasteiger partial charge in [0.25, 0.3) is 5.91 Å². The lowest BCUT2D eigenvalue weighted by Crippen LogP contribution is -2.50. The first kappa shape index (κ1) is 21.2. The van der Waals surface area contributed by atoms with Crippen molar-refractivity contribution in [3.63, 3.8) is 0 Å². The predicted octanol–water partition coefficient (Wildman–Crippen LogP) is 3.74. The van der Waals surface area contributed by atoms with Crippen molar-refractivity contribution in [2.45, 2.75) is 26.3 Å². The lowest BCUT2D eigenvalue weighted by Gasteiger charge is -2.23. The molecule has 0 aromatic heterocycles. The van der Waals surface area contributed by atoms with Crippen molar-refractivity contribution >= 4 is 29.1 Å². The fraction of sp³-hybridized carbons (Fsp3) is 0.391. The van der Waals surface area contributed by atoms with E-state index < -0.39 is 6.04 Å². The highest BCUT2D eigenvalue weighted by molar-refractivity contribution is 6.30. The van der Waals surface area contributed by atoms with Crippen LogP contribution in [0.2, 0.25) is 5.02 Å². The van der Waals surface area contributed by atoms with Crippen LogP contribution in [0.15, 0.2) is 54.6 Å². The van der Waals surface area contributed by atoms with Crippen LogP contribution >= 0.6 is 11.6 Å². The molecular weight excluding hydrogens is 386 g/mol. The summed E-state index contributed by atoms with van der Waals surface area (Å²) in [5.74, 6) is -0.0262. The third-order valence-corrected chi connectivity index (χ3v) is 5.57. The first-order valence-corrected chi connectivity index (χ1v) is 10.5. The molecule has 1 aliphatic heterocycles. The summed E-state index contributed by atoms with van der Waals surface area (Å²) >= 11 is 5.88. The molecule has 0 radical (unpaired) electrons. The van der Waals surface area contributed by atoms with Gasteiger partial charge in [-0.05, 0) is 54.7 Å². The van der Waals surface area contributed by atoms with Crippen LogP contribution in [0.5, 0.6) is 0 Å². The Bertz CT molecular complexity index is 824. The van der Waals surface area contributed by atoms with Gasteiger partial charge in [-0.15, -0.1) is 0 Å². The van der Waals surface area contributed by atoms with Crippen molar-refractivity contribution < 1.29 is 9.59 Å². The summed E-state index contributed by atoms with van der Waals surface area (Å²) < 4.78 is 0. The van der Waals surface area contributed by atoms with Crippen LogP contribution < -0.4 is 15.5 Å². The number of hydrogen-bond acceptors (Lipinski definition) is 3. The number of carbonyl (C=O) groups is 2. The van der Waals surface area contributed by atoms with Crippen LogP contribution in [0, 0.1) is 11.8 Å². The summed E-state index contributed by atoms with van der Waals surface area (Å²) in [4.78, 5) is 27.6. The topological polar surface area (TPSA) is 61.4 Å². The number of halogens is 1. The van der Waals surface area contributed by atoms with E-state index in [4.69, 9.17) is 11.6 Å². The smallest absolute Gasteiger partial charge is 0.251 e. The van der Waals surface area contributed by atoms with Gasteiger partial charge in [0.1, 0.15) is 6.04 Å². The molecule has 1 heterocycles. The minimum Gasteiger partial charge on any atom is -0.371 e. The Hall–Kier alpha value is -2.53. The lowest BCUT2D eigenvalue weighted by atomic mass is 10.0. The van der Waals surface area contributed by atoms with Crippen molar-refractivity contribution in [1.82, 2.24) is 10.6 Å². The number of amides is 2. The number of benzene rings is 2. The third kappa shape index (κ3) is 5.73. The van der Waals surface area contributed by atoms with Gasteiger partial charge in [0, 0.05) is 35.9 Å². The average molecular weight is 414 g/mol. The molecule has 154 valence electrons. The van der Waals surface area contributed by atoms with Gasteiger partial charge in [-0.3, -0.25) is 9.59 Å². The lowest BCUT2D eigenvalue weighted by molar-refractivity contribution is -0.124. The van der Waals surface area contributed by atoms with E-state index in [0.29, 0.717) is 23.0 Å². The Balaban J connectivity index is 1.52. The van der Waals surface area contributed by atoms with Gasteiger partial charge in [-0.2, -0.15) is 0 Å². The molecule has 1 fully saturated rings. The number of hydrogen-bond donors (Lipinski definition) is 2. The van der Waals surface area contributed by atoms with Crippen LogP contribution in [0.4, 0.5) is 5.69 Å². The second-order valence-corrected chi connectivity index (χ2v) is 8.32. The molecule has 1 saturated heterocycles. The molecule has 3 rings (SSSR count). The zero-order valence-corrected chi connectivity index (χ0v) is 17.7. The summed E-state index contributed by atoms with van der Waals surface area (Å²) in [7, 11) is 0. The van der Waals surface area contributed by atoms with Crippen LogP contribution in [-0.4, -0.2) is 37.5 Å². The molecule has 2 aromatic carbocycles. The number of nitrogens with one attached hydrogen (secondary N) is 2. The molecule has 2 N–H and O–H groups in total. The molecule has 5 nitrogen and oxygen atoms in total. The van der Waals surface area contributed by atoms with Crippen molar-refractivity contribution in [2.75, 3.05) is 24.5 Å². The number of para-hydroxylation sites is 1. The normalized spacial score (nSPS) is 17.2. The Morgan fingerprint density at radius 2 is 1.79 bits per heavy atom. The predicted molar refractivity (Wildman–Crippen MR) is 117 cm³/mol. The second kappa shape index (κ2) is 9.79. The molecule has 2 amide bonds. The summed E-state index contributed by atoms with van der Waals surface area (Å²) in [6.07, 6.45) is 1.04. The molecule has 2 unspecified atom stereocenters. The van der Waals surface area contributed by atoms with Gasteiger partial charge < -0.3 is 15.5 Å². The molecule has 2 aromatic rings. The SMILES string of the molecule is CC(C)C(NC(=O)c1ccc(Cl)cc1)C(=O)NCC1CCN(c2ccccc2)C1. The zero-order valence-electron chi connectivity index (χ0n) is 16.9. The standard InChI is InChI=1S/C23H28ClN3O2/c1-16(2)21(26-22(28)18-8-10-19(24)11-9-18)23(29)25-14-17-12-13-27(15-17)20-6-4-3-5-7-20/h3-11,16-17,21H,12-15H2,1-2H3,(H,25,29)(H,26,28). The number of carbonyl (C=O) groups excluding carboxylic acids is 2. The van der Waals surface area contributed by atoms with E-state index >= 15 is 0 Å². The monoisotopic (exact) mass is 413 g/mol. The van der Waals surface area contributed by atoms with E-state index in [1.807, 2.05) is 32.0 Å². The van der Waals surface area contributed by atoms with Crippen LogP contribution in [0.1, 0.15) is 30.6 Å². The highest BCUT2D eigenvalue weighted by atomic mass is 35.5. The van der Waals surface area contributed by atoms with Gasteiger partial charge >= 0.3 is 0 Å². The molecule has 0 saturated carbocycles. The van der Waals surface area contributed by atoms with E-state index in [1.165, 1.54) is 5.69 Å². The maximum absolute atomic E-state index is 12.8. The largest absolute Gasteiger partial charge is 0.371 e. The highest BCUT2D eigenvalue weighted by Gasteiger charge is 2.27. The quantitative estimate of drug-likeness (QED) is 0.726. The van der Waals surface area contributed by atoms with Gasteiger partial charge in [-0.1, -0.05) is 43.6 Å². The number of anilines is 1. The summed E-state index contributed by atoms with van der Waals surface area (Å²) in [5, 5.41) is 6.47. The maximum Gasteiger partial charge on any atom is 0.251 e. The van der Waals surface area contributed by atoms with Crippen molar-refractivity contribution in [3.8, 4) is 0 Å². The van der Waals surface area contributed by atoms with Crippen molar-refractivity contribution in [2.24, 2.45) is 11.8 Å². The van der Waals surface area contributed by atoms with E-state index in [1.54, 1.807) is 24.3 Å². The first-order valence-electron chi connectivity index (χ1n) is 10.1. The van der Waals surface area contributed by atoms with E-state index in [-0.39, 0.29) is 17.7 Å². The summed E-state index contributed by atoms with van der Waals surface area (Å²) in [6, 6.07) is 16.4. The van der Waals surface area contributed by atoms with Crippen molar-refractivity contribution in [3.05, 3.63) is 65.2 Å². The highest BCUT2D eigenvalue weighted by Crippen LogP contribution is 2.23. The van der Waals surface area contributed by atoms with Gasteiger partial charge in [-0.25, -0.2) is 0 Å². The fourth-order valence-corrected chi connectivity index (χ4v) is 3.71. The first-order chi connectivity index (χ1) is 13.9. The van der Waals surface area contributed by atoms with Crippen LogP contribution in [0.25, 0.3) is 0 Å². The van der Waals surface area contributed by atoms with Crippen molar-refractivity contribution in [1.29, 1.82) is 0 Å². The number of nitrogens with zero attached hydrogens (tertiary/aromatic N) is 1. The molecular formula is C23H28ClN3O2. The Morgan fingerprint density at radius 1 is 1.10 bits per heavy atom. The Kier molecular flexibility index (Phi) is 7.15. The molecule has 6 heteroatoms. The van der Waals surface area contributed by atoms with Gasteiger partial charge in [0.05, 0.1) is 0 Å². The molecule has 0 aliphatic carbocycles. The Morgan fingerprint density at radius 3 is 2.45 bits per heavy atom. The van der Waals surface area contributed by atoms with E-state index in [9.17, 15) is 9.59 Å². The third-order valence-electron chi connectivity index (χ3n) is 5.31. The summed E-state index contributed by atoms with van der Waals surface area (Å²) in [5.41, 5.74) is 1.71. The van der Waals surface area contributed by atoms with E-state index in [2.05, 4.69) is 27.7 Å². The minimum absolute atomic E-state index is 0.0179. The van der Waals surface area contributed by atoms with Gasteiger partial charge in [0.2, 0.25) is 5.91 Å². The zero-order chi connectivity index (χ0) is 20.8.